The SMILES string of the molecule is COC(=O)[C@H](Cc1ccc(-n2c(=O)c(C)cn(C)c2=O)nc1)NC(=O)OC(C)(C)C. The molecule has 0 saturated heterocycles. The van der Waals surface area contributed by atoms with Crippen LogP contribution in [0.25, 0.3) is 5.82 Å². The minimum atomic E-state index is -0.993. The maximum Gasteiger partial charge on any atom is 0.408 e. The number of pyridine rings is 1. The number of ether oxygens (including phenoxy) is 2. The summed E-state index contributed by atoms with van der Waals surface area (Å²) in [5, 5.41) is 2.48. The summed E-state index contributed by atoms with van der Waals surface area (Å²) in [6.07, 6.45) is 2.21. The summed E-state index contributed by atoms with van der Waals surface area (Å²) in [5.74, 6) is -0.489. The highest BCUT2D eigenvalue weighted by atomic mass is 16.6. The van der Waals surface area contributed by atoms with Gasteiger partial charge < -0.3 is 19.4 Å². The van der Waals surface area contributed by atoms with E-state index in [2.05, 4.69) is 10.3 Å². The Morgan fingerprint density at radius 2 is 1.90 bits per heavy atom. The molecule has 30 heavy (non-hydrogen) atoms. The minimum Gasteiger partial charge on any atom is -0.467 e. The topological polar surface area (TPSA) is 122 Å². The normalized spacial score (nSPS) is 12.2. The number of nitrogens with zero attached hydrogens (tertiary/aromatic N) is 3. The van der Waals surface area contributed by atoms with Crippen LogP contribution in [0.15, 0.2) is 34.1 Å². The number of rotatable bonds is 5. The van der Waals surface area contributed by atoms with Gasteiger partial charge in [-0.1, -0.05) is 6.07 Å². The maximum absolute atomic E-state index is 12.4. The first kappa shape index (κ1) is 22.9. The van der Waals surface area contributed by atoms with E-state index >= 15 is 0 Å². The van der Waals surface area contributed by atoms with Crippen molar-refractivity contribution in [2.45, 2.75) is 45.8 Å². The van der Waals surface area contributed by atoms with Gasteiger partial charge in [0.2, 0.25) is 0 Å². The summed E-state index contributed by atoms with van der Waals surface area (Å²) in [5.41, 5.74) is -0.721. The van der Waals surface area contributed by atoms with Crippen molar-refractivity contribution in [2.75, 3.05) is 7.11 Å². The number of hydrogen-bond acceptors (Lipinski definition) is 7. The van der Waals surface area contributed by atoms with Crippen LogP contribution in [0.3, 0.4) is 0 Å². The summed E-state index contributed by atoms with van der Waals surface area (Å²) in [6.45, 7) is 6.73. The van der Waals surface area contributed by atoms with Gasteiger partial charge in [-0.15, -0.1) is 0 Å². The molecule has 0 aromatic carbocycles. The van der Waals surface area contributed by atoms with Gasteiger partial charge in [0.15, 0.2) is 0 Å². The lowest BCUT2D eigenvalue weighted by Gasteiger charge is -2.22. The molecule has 0 bridgehead atoms. The monoisotopic (exact) mass is 418 g/mol. The van der Waals surface area contributed by atoms with E-state index in [0.29, 0.717) is 11.1 Å². The molecule has 10 nitrogen and oxygen atoms in total. The van der Waals surface area contributed by atoms with E-state index in [1.807, 2.05) is 0 Å². The standard InChI is InChI=1S/C20H26N4O6/c1-12-11-23(5)19(28)24(16(12)25)15-8-7-13(10-21-15)9-14(17(26)29-6)22-18(27)30-20(2,3)4/h7-8,10-11,14H,9H2,1-6H3,(H,22,27)/t14-/m0/s1. The molecule has 0 fully saturated rings. The Labute approximate surface area is 173 Å². The second kappa shape index (κ2) is 8.93. The predicted octanol–water partition coefficient (Wildman–Crippen LogP) is 0.848. The number of aryl methyl sites for hydroxylation is 2. The second-order valence-electron chi connectivity index (χ2n) is 7.80. The van der Waals surface area contributed by atoms with Gasteiger partial charge >= 0.3 is 17.8 Å². The van der Waals surface area contributed by atoms with Crippen molar-refractivity contribution in [3.05, 3.63) is 56.5 Å². The van der Waals surface area contributed by atoms with E-state index in [1.54, 1.807) is 40.8 Å². The molecule has 1 atom stereocenters. The largest absolute Gasteiger partial charge is 0.467 e. The Bertz CT molecular complexity index is 1010. The smallest absolute Gasteiger partial charge is 0.408 e. The summed E-state index contributed by atoms with van der Waals surface area (Å²) >= 11 is 0. The van der Waals surface area contributed by atoms with Crippen LogP contribution in [0.5, 0.6) is 0 Å². The third kappa shape index (κ3) is 5.56. The number of amides is 1. The van der Waals surface area contributed by atoms with E-state index in [-0.39, 0.29) is 12.2 Å². The summed E-state index contributed by atoms with van der Waals surface area (Å²) < 4.78 is 12.2. The molecule has 10 heteroatoms. The Hall–Kier alpha value is -3.43. The molecule has 2 aromatic rings. The number of carbonyl (C=O) groups is 2. The zero-order valence-corrected chi connectivity index (χ0v) is 17.9. The fraction of sp³-hybridized carbons (Fsp3) is 0.450. The fourth-order valence-corrected chi connectivity index (χ4v) is 2.71. The van der Waals surface area contributed by atoms with Crippen LogP contribution < -0.4 is 16.6 Å². The number of carbonyl (C=O) groups excluding carboxylic acids is 2. The summed E-state index contributed by atoms with van der Waals surface area (Å²) in [6, 6.07) is 2.12. The molecule has 1 amide bonds. The first-order valence-electron chi connectivity index (χ1n) is 9.25. The van der Waals surface area contributed by atoms with Gasteiger partial charge in [-0.3, -0.25) is 4.79 Å². The quantitative estimate of drug-likeness (QED) is 0.714. The van der Waals surface area contributed by atoms with Crippen LogP contribution in [-0.4, -0.2) is 44.9 Å². The van der Waals surface area contributed by atoms with Gasteiger partial charge in [-0.25, -0.2) is 23.9 Å². The zero-order chi connectivity index (χ0) is 22.6. The fourth-order valence-electron chi connectivity index (χ4n) is 2.71. The molecule has 0 aliphatic carbocycles. The van der Waals surface area contributed by atoms with Crippen LogP contribution in [0.1, 0.15) is 31.9 Å². The van der Waals surface area contributed by atoms with E-state index in [9.17, 15) is 19.2 Å². The van der Waals surface area contributed by atoms with Crippen molar-refractivity contribution < 1.29 is 19.1 Å². The third-order valence-electron chi connectivity index (χ3n) is 4.08. The van der Waals surface area contributed by atoms with Gasteiger partial charge in [0.25, 0.3) is 5.56 Å². The number of methoxy groups -OCH3 is 1. The van der Waals surface area contributed by atoms with E-state index in [1.165, 1.54) is 30.1 Å². The van der Waals surface area contributed by atoms with E-state index < -0.39 is 35.0 Å². The van der Waals surface area contributed by atoms with Crippen LogP contribution in [0, 0.1) is 6.92 Å². The number of esters is 1. The Morgan fingerprint density at radius 3 is 2.43 bits per heavy atom. The number of aromatic nitrogens is 3. The Balaban J connectivity index is 2.26. The molecule has 2 heterocycles. The van der Waals surface area contributed by atoms with Crippen molar-refractivity contribution in [1.29, 1.82) is 0 Å². The molecule has 0 unspecified atom stereocenters. The molecule has 0 aliphatic rings. The van der Waals surface area contributed by atoms with Crippen LogP contribution >= 0.6 is 0 Å². The first-order chi connectivity index (χ1) is 13.9. The number of hydrogen-bond donors (Lipinski definition) is 1. The van der Waals surface area contributed by atoms with Crippen LogP contribution in [0.2, 0.25) is 0 Å². The zero-order valence-electron chi connectivity index (χ0n) is 17.9. The molecule has 2 rings (SSSR count). The average molecular weight is 418 g/mol. The molecule has 162 valence electrons. The summed E-state index contributed by atoms with van der Waals surface area (Å²) in [4.78, 5) is 53.0. The average Bonchev–Trinajstić information content (AvgIpc) is 2.65. The van der Waals surface area contributed by atoms with Gasteiger partial charge in [-0.05, 0) is 39.3 Å². The van der Waals surface area contributed by atoms with Crippen LogP contribution in [-0.2, 0) is 27.7 Å². The lowest BCUT2D eigenvalue weighted by Crippen LogP contribution is -2.45. The van der Waals surface area contributed by atoms with Gasteiger partial charge in [-0.2, -0.15) is 0 Å². The second-order valence-corrected chi connectivity index (χ2v) is 7.80. The molecular formula is C20H26N4O6. The molecule has 1 N–H and O–H groups in total. The molecule has 2 aromatic heterocycles. The molecular weight excluding hydrogens is 392 g/mol. The van der Waals surface area contributed by atoms with Crippen LogP contribution in [0.4, 0.5) is 4.79 Å². The Kier molecular flexibility index (Phi) is 6.81. The predicted molar refractivity (Wildman–Crippen MR) is 109 cm³/mol. The van der Waals surface area contributed by atoms with Crippen molar-refractivity contribution in [3.63, 3.8) is 0 Å². The molecule has 0 aliphatic heterocycles. The highest BCUT2D eigenvalue weighted by Crippen LogP contribution is 2.10. The van der Waals surface area contributed by atoms with Crippen molar-refractivity contribution in [2.24, 2.45) is 7.05 Å². The van der Waals surface area contributed by atoms with E-state index in [4.69, 9.17) is 9.47 Å². The van der Waals surface area contributed by atoms with Gasteiger partial charge in [0.1, 0.15) is 17.5 Å². The molecule has 0 radical (unpaired) electrons. The Morgan fingerprint density at radius 1 is 1.23 bits per heavy atom. The summed E-state index contributed by atoms with van der Waals surface area (Å²) in [7, 11) is 2.76. The highest BCUT2D eigenvalue weighted by Gasteiger charge is 2.25. The van der Waals surface area contributed by atoms with Gasteiger partial charge in [0, 0.05) is 31.4 Å². The number of alkyl carbamates (subject to hydrolysis) is 1. The van der Waals surface area contributed by atoms with Gasteiger partial charge in [0.05, 0.1) is 7.11 Å². The first-order valence-corrected chi connectivity index (χ1v) is 9.25. The van der Waals surface area contributed by atoms with Crippen molar-refractivity contribution >= 4 is 12.1 Å². The van der Waals surface area contributed by atoms with E-state index in [0.717, 1.165) is 4.57 Å². The lowest BCUT2D eigenvalue weighted by atomic mass is 10.1. The molecule has 0 saturated carbocycles. The highest BCUT2D eigenvalue weighted by molar-refractivity contribution is 5.81. The lowest BCUT2D eigenvalue weighted by molar-refractivity contribution is -0.143. The maximum atomic E-state index is 12.4. The van der Waals surface area contributed by atoms with Crippen molar-refractivity contribution in [3.8, 4) is 5.82 Å². The molecule has 0 spiro atoms. The minimum absolute atomic E-state index is 0.0833. The third-order valence-corrected chi connectivity index (χ3v) is 4.08. The van der Waals surface area contributed by atoms with Crippen molar-refractivity contribution in [1.82, 2.24) is 19.4 Å². The number of nitrogens with one attached hydrogen (secondary N) is 1.